The normalized spacial score (nSPS) is 11.7. The van der Waals surface area contributed by atoms with E-state index in [0.29, 0.717) is 5.96 Å². The summed E-state index contributed by atoms with van der Waals surface area (Å²) in [6.45, 7) is 1.68. The lowest BCUT2D eigenvalue weighted by Gasteiger charge is -2.04. The van der Waals surface area contributed by atoms with Gasteiger partial charge in [0, 0.05) is 18.0 Å². The van der Waals surface area contributed by atoms with Gasteiger partial charge >= 0.3 is 0 Å². The molecule has 0 aliphatic heterocycles. The maximum atomic E-state index is 5.73. The fourth-order valence-corrected chi connectivity index (χ4v) is 2.36. The molecule has 0 fully saturated rings. The highest BCUT2D eigenvalue weighted by atomic mass is 32.2. The average Bonchev–Trinajstić information content (AvgIpc) is 2.77. The Morgan fingerprint density at radius 1 is 1.62 bits per heavy atom. The number of rotatable bonds is 7. The van der Waals surface area contributed by atoms with Gasteiger partial charge in [0.05, 0.1) is 0 Å². The second-order valence-corrected chi connectivity index (χ2v) is 5.39. The first-order valence-electron chi connectivity index (χ1n) is 5.38. The molecule has 1 aromatic heterocycles. The predicted molar refractivity (Wildman–Crippen MR) is 75.5 cm³/mol. The van der Waals surface area contributed by atoms with Crippen molar-refractivity contribution >= 4 is 29.1 Å². The van der Waals surface area contributed by atoms with Crippen LogP contribution < -0.4 is 11.1 Å². The van der Waals surface area contributed by atoms with Gasteiger partial charge in [-0.15, -0.1) is 11.3 Å². The number of aliphatic imine (C=N–C) groups is 1. The first kappa shape index (κ1) is 13.4. The molecule has 16 heavy (non-hydrogen) atoms. The van der Waals surface area contributed by atoms with Crippen molar-refractivity contribution in [2.45, 2.75) is 12.8 Å². The van der Waals surface area contributed by atoms with Crippen LogP contribution in [0.25, 0.3) is 0 Å². The van der Waals surface area contributed by atoms with Crippen LogP contribution >= 0.6 is 23.1 Å². The third-order valence-corrected chi connectivity index (χ3v) is 3.68. The van der Waals surface area contributed by atoms with Gasteiger partial charge in [0.15, 0.2) is 5.96 Å². The van der Waals surface area contributed by atoms with Gasteiger partial charge in [-0.3, -0.25) is 4.99 Å². The van der Waals surface area contributed by atoms with E-state index < -0.39 is 0 Å². The van der Waals surface area contributed by atoms with Crippen molar-refractivity contribution in [2.75, 3.05) is 25.1 Å². The Balaban J connectivity index is 2.07. The Morgan fingerprint density at radius 2 is 2.50 bits per heavy atom. The maximum absolute atomic E-state index is 5.73. The number of thiophene rings is 1. The molecule has 1 heterocycles. The van der Waals surface area contributed by atoms with Gasteiger partial charge in [-0.2, -0.15) is 11.8 Å². The monoisotopic (exact) mass is 257 g/mol. The van der Waals surface area contributed by atoms with Gasteiger partial charge in [0.2, 0.25) is 0 Å². The highest BCUT2D eigenvalue weighted by Crippen LogP contribution is 2.07. The van der Waals surface area contributed by atoms with Crippen LogP contribution in [-0.2, 0) is 6.42 Å². The van der Waals surface area contributed by atoms with Crippen molar-refractivity contribution in [1.82, 2.24) is 5.32 Å². The van der Waals surface area contributed by atoms with E-state index in [2.05, 4.69) is 34.1 Å². The van der Waals surface area contributed by atoms with Crippen LogP contribution in [0.5, 0.6) is 0 Å². The summed E-state index contributed by atoms with van der Waals surface area (Å²) in [5, 5.41) is 5.22. The summed E-state index contributed by atoms with van der Waals surface area (Å²) in [4.78, 5) is 5.63. The van der Waals surface area contributed by atoms with Crippen molar-refractivity contribution in [2.24, 2.45) is 10.7 Å². The topological polar surface area (TPSA) is 50.4 Å². The van der Waals surface area contributed by atoms with Crippen LogP contribution in [0.4, 0.5) is 0 Å². The molecule has 90 valence electrons. The van der Waals surface area contributed by atoms with Crippen LogP contribution in [-0.4, -0.2) is 31.1 Å². The fraction of sp³-hybridized carbons (Fsp3) is 0.545. The number of nitrogens with two attached hydrogens (primary N) is 1. The van der Waals surface area contributed by atoms with Crippen molar-refractivity contribution in [3.63, 3.8) is 0 Å². The highest BCUT2D eigenvalue weighted by molar-refractivity contribution is 7.98. The number of nitrogens with zero attached hydrogens (tertiary/aromatic N) is 1. The fourth-order valence-electron chi connectivity index (χ4n) is 1.23. The Kier molecular flexibility index (Phi) is 7.09. The quantitative estimate of drug-likeness (QED) is 0.446. The van der Waals surface area contributed by atoms with E-state index in [1.165, 1.54) is 4.88 Å². The van der Waals surface area contributed by atoms with Gasteiger partial charge in [-0.25, -0.2) is 0 Å². The molecule has 3 N–H and O–H groups in total. The van der Waals surface area contributed by atoms with E-state index in [9.17, 15) is 0 Å². The van der Waals surface area contributed by atoms with Gasteiger partial charge in [0.25, 0.3) is 0 Å². The van der Waals surface area contributed by atoms with Gasteiger partial charge < -0.3 is 11.1 Å². The molecule has 5 heteroatoms. The van der Waals surface area contributed by atoms with Crippen LogP contribution in [0, 0.1) is 0 Å². The zero-order valence-electron chi connectivity index (χ0n) is 9.61. The minimum absolute atomic E-state index is 0.567. The Bertz CT molecular complexity index is 296. The van der Waals surface area contributed by atoms with E-state index >= 15 is 0 Å². The summed E-state index contributed by atoms with van der Waals surface area (Å²) in [5.41, 5.74) is 5.73. The molecule has 0 saturated heterocycles. The van der Waals surface area contributed by atoms with Crippen LogP contribution in [0.2, 0.25) is 0 Å². The van der Waals surface area contributed by atoms with E-state index in [-0.39, 0.29) is 0 Å². The molecule has 0 unspecified atom stereocenters. The van der Waals surface area contributed by atoms with Gasteiger partial charge in [-0.05, 0) is 36.3 Å². The van der Waals surface area contributed by atoms with Gasteiger partial charge in [-0.1, -0.05) is 6.07 Å². The van der Waals surface area contributed by atoms with Crippen molar-refractivity contribution in [3.05, 3.63) is 22.4 Å². The zero-order valence-corrected chi connectivity index (χ0v) is 11.2. The third-order valence-electron chi connectivity index (χ3n) is 2.05. The molecule has 0 aliphatic carbocycles. The first-order valence-corrected chi connectivity index (χ1v) is 7.65. The zero-order chi connectivity index (χ0) is 11.6. The standard InChI is InChI=1S/C11H19N3S2/c1-15-8-3-6-13-11(12)14-7-5-10-4-2-9-16-10/h2,4,9H,3,5-8H2,1H3,(H3,12,13,14). The molecular formula is C11H19N3S2. The molecular weight excluding hydrogens is 238 g/mol. The molecule has 0 bridgehead atoms. The Hall–Kier alpha value is -0.680. The molecule has 1 aromatic rings. The van der Waals surface area contributed by atoms with E-state index in [1.54, 1.807) is 11.3 Å². The minimum atomic E-state index is 0.567. The lowest BCUT2D eigenvalue weighted by molar-refractivity contribution is 0.848. The minimum Gasteiger partial charge on any atom is -0.370 e. The first-order chi connectivity index (χ1) is 7.83. The number of nitrogens with one attached hydrogen (secondary N) is 1. The van der Waals surface area contributed by atoms with E-state index in [4.69, 9.17) is 5.73 Å². The van der Waals surface area contributed by atoms with Crippen LogP contribution in [0.3, 0.4) is 0 Å². The maximum Gasteiger partial charge on any atom is 0.188 e. The number of hydrogen-bond acceptors (Lipinski definition) is 3. The largest absolute Gasteiger partial charge is 0.370 e. The highest BCUT2D eigenvalue weighted by Gasteiger charge is 1.94. The summed E-state index contributed by atoms with van der Waals surface area (Å²) in [6.07, 6.45) is 4.21. The summed E-state index contributed by atoms with van der Waals surface area (Å²) < 4.78 is 0. The number of thioether (sulfide) groups is 1. The van der Waals surface area contributed by atoms with Crippen molar-refractivity contribution in [1.29, 1.82) is 0 Å². The Morgan fingerprint density at radius 3 is 3.19 bits per heavy atom. The molecule has 3 nitrogen and oxygen atoms in total. The molecule has 0 aliphatic rings. The lowest BCUT2D eigenvalue weighted by atomic mass is 10.3. The predicted octanol–water partition coefficient (Wildman–Crippen LogP) is 1.95. The molecule has 0 amide bonds. The molecule has 0 atom stereocenters. The van der Waals surface area contributed by atoms with Crippen molar-refractivity contribution in [3.8, 4) is 0 Å². The third kappa shape index (κ3) is 6.02. The van der Waals surface area contributed by atoms with Crippen LogP contribution in [0.1, 0.15) is 11.3 Å². The second-order valence-electron chi connectivity index (χ2n) is 3.37. The molecule has 1 rings (SSSR count). The summed E-state index contributed by atoms with van der Waals surface area (Å²) >= 11 is 3.62. The second kappa shape index (κ2) is 8.47. The summed E-state index contributed by atoms with van der Waals surface area (Å²) in [5.74, 6) is 1.71. The number of hydrogen-bond donors (Lipinski definition) is 2. The van der Waals surface area contributed by atoms with Crippen molar-refractivity contribution < 1.29 is 0 Å². The summed E-state index contributed by atoms with van der Waals surface area (Å²) in [7, 11) is 0. The Labute approximate surface area is 106 Å². The SMILES string of the molecule is CSCCCN=C(N)NCCc1cccs1. The lowest BCUT2D eigenvalue weighted by Crippen LogP contribution is -2.33. The molecule has 0 radical (unpaired) electrons. The smallest absolute Gasteiger partial charge is 0.188 e. The number of guanidine groups is 1. The van der Waals surface area contributed by atoms with E-state index in [1.807, 2.05) is 11.8 Å². The van der Waals surface area contributed by atoms with Gasteiger partial charge in [0.1, 0.15) is 0 Å². The molecule has 0 spiro atoms. The average molecular weight is 257 g/mol. The summed E-state index contributed by atoms with van der Waals surface area (Å²) in [6, 6.07) is 4.21. The molecule has 0 aromatic carbocycles. The molecule has 0 saturated carbocycles. The van der Waals surface area contributed by atoms with Crippen LogP contribution in [0.15, 0.2) is 22.5 Å². The van der Waals surface area contributed by atoms with E-state index in [0.717, 1.165) is 31.7 Å².